The first-order valence-corrected chi connectivity index (χ1v) is 10.8. The predicted octanol–water partition coefficient (Wildman–Crippen LogP) is 3.94. The first-order chi connectivity index (χ1) is 14.7. The molecule has 1 aromatic carbocycles. The van der Waals surface area contributed by atoms with Gasteiger partial charge < -0.3 is 20.3 Å². The van der Waals surface area contributed by atoms with E-state index in [1.165, 1.54) is 25.1 Å². The van der Waals surface area contributed by atoms with Crippen LogP contribution in [0.2, 0.25) is 0 Å². The number of pyridine rings is 1. The lowest BCUT2D eigenvalue weighted by atomic mass is 10.1. The van der Waals surface area contributed by atoms with Crippen molar-refractivity contribution >= 4 is 5.96 Å². The summed E-state index contributed by atoms with van der Waals surface area (Å²) in [6, 6.07) is 10.2. The normalized spacial score (nSPS) is 15.8. The van der Waals surface area contributed by atoms with Crippen LogP contribution in [0.25, 0.3) is 0 Å². The maximum absolute atomic E-state index is 13.3. The molecule has 0 spiro atoms. The van der Waals surface area contributed by atoms with Crippen LogP contribution in [0.4, 0.5) is 4.39 Å². The third kappa shape index (κ3) is 6.99. The van der Waals surface area contributed by atoms with Crippen LogP contribution in [0.5, 0.6) is 11.6 Å². The summed E-state index contributed by atoms with van der Waals surface area (Å²) in [5.74, 6) is 1.36. The molecule has 1 saturated heterocycles. The zero-order valence-corrected chi connectivity index (χ0v) is 17.9. The van der Waals surface area contributed by atoms with Gasteiger partial charge >= 0.3 is 0 Å². The molecular weight excluding hydrogens is 381 g/mol. The van der Waals surface area contributed by atoms with Crippen LogP contribution in [0.1, 0.15) is 38.7 Å². The molecule has 0 atom stereocenters. The van der Waals surface area contributed by atoms with Gasteiger partial charge in [-0.1, -0.05) is 19.1 Å². The van der Waals surface area contributed by atoms with Gasteiger partial charge in [-0.05, 0) is 50.4 Å². The minimum absolute atomic E-state index is 0.335. The van der Waals surface area contributed by atoms with Crippen molar-refractivity contribution in [2.45, 2.75) is 45.7 Å². The molecule has 7 heteroatoms. The summed E-state index contributed by atoms with van der Waals surface area (Å²) < 4.78 is 18.9. The molecule has 6 nitrogen and oxygen atoms in total. The number of piperidine rings is 1. The van der Waals surface area contributed by atoms with Gasteiger partial charge in [0.05, 0.1) is 6.54 Å². The number of ether oxygens (including phenoxy) is 1. The van der Waals surface area contributed by atoms with E-state index in [1.54, 1.807) is 24.4 Å². The van der Waals surface area contributed by atoms with Crippen LogP contribution in [0, 0.1) is 5.82 Å². The smallest absolute Gasteiger partial charge is 0.219 e. The van der Waals surface area contributed by atoms with Crippen molar-refractivity contribution in [1.29, 1.82) is 0 Å². The van der Waals surface area contributed by atoms with E-state index in [0.29, 0.717) is 24.2 Å². The SMILES string of the molecule is CCCN1CCC(NC(=NCc2ccc(Oc3cccc(F)c3)nc2)NCC)CC1. The number of nitrogens with one attached hydrogen (secondary N) is 2. The van der Waals surface area contributed by atoms with E-state index >= 15 is 0 Å². The quantitative estimate of drug-likeness (QED) is 0.507. The fourth-order valence-corrected chi connectivity index (χ4v) is 3.52. The van der Waals surface area contributed by atoms with E-state index in [9.17, 15) is 4.39 Å². The molecule has 0 unspecified atom stereocenters. The highest BCUT2D eigenvalue weighted by molar-refractivity contribution is 5.80. The molecule has 1 fully saturated rings. The summed E-state index contributed by atoms with van der Waals surface area (Å²) in [7, 11) is 0. The highest BCUT2D eigenvalue weighted by Crippen LogP contribution is 2.20. The highest BCUT2D eigenvalue weighted by atomic mass is 19.1. The number of benzene rings is 1. The van der Waals surface area contributed by atoms with Crippen LogP contribution < -0.4 is 15.4 Å². The first kappa shape index (κ1) is 22.0. The van der Waals surface area contributed by atoms with Gasteiger partial charge in [-0.2, -0.15) is 0 Å². The number of hydrogen-bond acceptors (Lipinski definition) is 4. The molecule has 2 aromatic rings. The van der Waals surface area contributed by atoms with Crippen molar-refractivity contribution < 1.29 is 9.13 Å². The third-order valence-corrected chi connectivity index (χ3v) is 5.05. The summed E-state index contributed by atoms with van der Waals surface area (Å²) >= 11 is 0. The fraction of sp³-hybridized carbons (Fsp3) is 0.478. The molecule has 162 valence electrons. The van der Waals surface area contributed by atoms with E-state index in [2.05, 4.69) is 34.4 Å². The van der Waals surface area contributed by atoms with Gasteiger partial charge in [0.15, 0.2) is 5.96 Å². The Morgan fingerprint density at radius 3 is 2.73 bits per heavy atom. The van der Waals surface area contributed by atoms with Gasteiger partial charge in [0.25, 0.3) is 0 Å². The molecule has 2 N–H and O–H groups in total. The lowest BCUT2D eigenvalue weighted by Gasteiger charge is -2.32. The average Bonchev–Trinajstić information content (AvgIpc) is 2.75. The van der Waals surface area contributed by atoms with E-state index in [1.807, 2.05) is 6.07 Å². The molecule has 2 heterocycles. The van der Waals surface area contributed by atoms with Crippen molar-refractivity contribution in [3.8, 4) is 11.6 Å². The van der Waals surface area contributed by atoms with Crippen molar-refractivity contribution in [1.82, 2.24) is 20.5 Å². The van der Waals surface area contributed by atoms with Gasteiger partial charge in [-0.25, -0.2) is 14.4 Å². The number of halogens is 1. The molecule has 1 aliphatic rings. The number of rotatable bonds is 8. The Morgan fingerprint density at radius 2 is 2.07 bits per heavy atom. The Hall–Kier alpha value is -2.67. The monoisotopic (exact) mass is 413 g/mol. The molecule has 0 aliphatic carbocycles. The van der Waals surface area contributed by atoms with Crippen molar-refractivity contribution in [2.75, 3.05) is 26.2 Å². The second-order valence-corrected chi connectivity index (χ2v) is 7.52. The summed E-state index contributed by atoms with van der Waals surface area (Å²) in [6.45, 7) is 9.11. The summed E-state index contributed by atoms with van der Waals surface area (Å²) in [6.07, 6.45) is 5.23. The molecule has 1 aromatic heterocycles. The van der Waals surface area contributed by atoms with Crippen LogP contribution in [0.3, 0.4) is 0 Å². The molecule has 3 rings (SSSR count). The van der Waals surface area contributed by atoms with E-state index < -0.39 is 0 Å². The second kappa shape index (κ2) is 11.5. The number of guanidine groups is 1. The molecule has 0 saturated carbocycles. The Bertz CT molecular complexity index is 803. The standard InChI is InChI=1S/C23H32FN5O/c1-3-12-29-13-10-20(11-14-29)28-23(25-4-2)27-17-18-8-9-22(26-16-18)30-21-7-5-6-19(24)15-21/h5-9,15-16,20H,3-4,10-14,17H2,1-2H3,(H2,25,27,28). The summed E-state index contributed by atoms with van der Waals surface area (Å²) in [4.78, 5) is 11.5. The minimum Gasteiger partial charge on any atom is -0.439 e. The number of nitrogens with zero attached hydrogens (tertiary/aromatic N) is 3. The van der Waals surface area contributed by atoms with Gasteiger partial charge in [0.1, 0.15) is 11.6 Å². The lowest BCUT2D eigenvalue weighted by molar-refractivity contribution is 0.206. The number of likely N-dealkylation sites (tertiary alicyclic amines) is 1. The van der Waals surface area contributed by atoms with Gasteiger partial charge in [0.2, 0.25) is 5.88 Å². The maximum Gasteiger partial charge on any atom is 0.219 e. The van der Waals surface area contributed by atoms with Gasteiger partial charge in [-0.3, -0.25) is 0 Å². The Morgan fingerprint density at radius 1 is 1.23 bits per heavy atom. The van der Waals surface area contributed by atoms with Crippen molar-refractivity contribution in [2.24, 2.45) is 4.99 Å². The zero-order chi connectivity index (χ0) is 21.2. The molecule has 0 amide bonds. The van der Waals surface area contributed by atoms with Gasteiger partial charge in [-0.15, -0.1) is 0 Å². The topological polar surface area (TPSA) is 61.8 Å². The van der Waals surface area contributed by atoms with Crippen molar-refractivity contribution in [3.63, 3.8) is 0 Å². The maximum atomic E-state index is 13.3. The highest BCUT2D eigenvalue weighted by Gasteiger charge is 2.19. The van der Waals surface area contributed by atoms with Crippen LogP contribution in [0.15, 0.2) is 47.6 Å². The van der Waals surface area contributed by atoms with Crippen LogP contribution >= 0.6 is 0 Å². The average molecular weight is 414 g/mol. The number of aromatic nitrogens is 1. The van der Waals surface area contributed by atoms with Crippen LogP contribution in [-0.2, 0) is 6.54 Å². The summed E-state index contributed by atoms with van der Waals surface area (Å²) in [5, 5.41) is 6.90. The lowest BCUT2D eigenvalue weighted by Crippen LogP contribution is -2.48. The second-order valence-electron chi connectivity index (χ2n) is 7.52. The largest absolute Gasteiger partial charge is 0.439 e. The first-order valence-electron chi connectivity index (χ1n) is 10.8. The molecule has 0 radical (unpaired) electrons. The van der Waals surface area contributed by atoms with Crippen molar-refractivity contribution in [3.05, 3.63) is 54.0 Å². The third-order valence-electron chi connectivity index (χ3n) is 5.05. The Labute approximate surface area is 178 Å². The zero-order valence-electron chi connectivity index (χ0n) is 17.9. The molecular formula is C23H32FN5O. The minimum atomic E-state index is -0.335. The predicted molar refractivity (Wildman–Crippen MR) is 118 cm³/mol. The molecule has 0 bridgehead atoms. The number of aliphatic imine (C=N–C) groups is 1. The summed E-state index contributed by atoms with van der Waals surface area (Å²) in [5.41, 5.74) is 0.983. The Balaban J connectivity index is 1.53. The van der Waals surface area contributed by atoms with E-state index in [0.717, 1.165) is 44.0 Å². The van der Waals surface area contributed by atoms with E-state index in [-0.39, 0.29) is 5.82 Å². The molecule has 1 aliphatic heterocycles. The van der Waals surface area contributed by atoms with Gasteiger partial charge in [0, 0.05) is 44.0 Å². The van der Waals surface area contributed by atoms with Crippen LogP contribution in [-0.4, -0.2) is 48.1 Å². The Kier molecular flexibility index (Phi) is 8.44. The number of hydrogen-bond donors (Lipinski definition) is 2. The fourth-order valence-electron chi connectivity index (χ4n) is 3.52. The molecule has 30 heavy (non-hydrogen) atoms. The van der Waals surface area contributed by atoms with E-state index in [4.69, 9.17) is 9.73 Å².